The molecule has 85 heavy (non-hydrogen) atoms. The molecule has 3 atom stereocenters. The Balaban J connectivity index is 0.000000441. The molecule has 3 heterocycles. The number of aromatic nitrogens is 1. The third-order valence-electron chi connectivity index (χ3n) is 18.1. The summed E-state index contributed by atoms with van der Waals surface area (Å²) in [5.41, 5.74) is 19.5. The zero-order valence-corrected chi connectivity index (χ0v) is 46.8. The predicted octanol–water partition coefficient (Wildman–Crippen LogP) is 21.1. The van der Waals surface area contributed by atoms with Crippen LogP contribution in [0.4, 0.5) is 0 Å². The summed E-state index contributed by atoms with van der Waals surface area (Å²) in [7, 11) is 0. The highest BCUT2D eigenvalue weighted by atomic mass is 16.5. The van der Waals surface area contributed by atoms with Crippen molar-refractivity contribution in [2.75, 3.05) is 0 Å². The van der Waals surface area contributed by atoms with Gasteiger partial charge in [-0.3, -0.25) is 0 Å². The van der Waals surface area contributed by atoms with Crippen molar-refractivity contribution in [2.45, 2.75) is 23.4 Å². The second kappa shape index (κ2) is 20.0. The van der Waals surface area contributed by atoms with Gasteiger partial charge in [0.1, 0.15) is 22.9 Å². The summed E-state index contributed by atoms with van der Waals surface area (Å²) < 4.78 is 16.1. The highest BCUT2D eigenvalue weighted by molar-refractivity contribution is 6.22. The van der Waals surface area contributed by atoms with E-state index in [-0.39, 0.29) is 11.3 Å². The number of hydrogen-bond donors (Lipinski definition) is 0. The van der Waals surface area contributed by atoms with Crippen LogP contribution in [0.1, 0.15) is 34.6 Å². The van der Waals surface area contributed by atoms with Gasteiger partial charge < -0.3 is 14.0 Å². The Morgan fingerprint density at radius 3 is 1.89 bits per heavy atom. The maximum absolute atomic E-state index is 6.99. The SMILES string of the molecule is C1=CC2=CC(C=C1)c1cccc(-c3ccc4c(c3)c3cc(C5=CC=CC67CC56Oc5ccccc57)ccc3n4-c3cccc(-c4ccc5c(-c6ccccc6)c6ccccc6c(-c6ccccc6)c5c4)c3)c1O2.C=C/C=C(\C=C)c1ccccc1. The monoisotopic (exact) mass is 1090 g/mol. The number of benzene rings is 11. The summed E-state index contributed by atoms with van der Waals surface area (Å²) in [5.74, 6) is 2.96. The number of nitrogens with zero attached hydrogens (tertiary/aromatic N) is 1. The van der Waals surface area contributed by atoms with Gasteiger partial charge in [-0.15, -0.1) is 0 Å². The number of hydrogen-bond acceptors (Lipinski definition) is 2. The number of rotatable bonds is 9. The summed E-state index contributed by atoms with van der Waals surface area (Å²) in [6.07, 6.45) is 24.1. The van der Waals surface area contributed by atoms with Crippen LogP contribution in [0.5, 0.6) is 11.5 Å². The average molecular weight is 1090 g/mol. The molecule has 3 heteroatoms. The fourth-order valence-electron chi connectivity index (χ4n) is 14.2. The molecule has 0 N–H and O–H groups in total. The van der Waals surface area contributed by atoms with Crippen molar-refractivity contribution in [3.8, 4) is 61.7 Å². The summed E-state index contributed by atoms with van der Waals surface area (Å²) in [6, 6.07) is 86.2. The van der Waals surface area contributed by atoms with Gasteiger partial charge >= 0.3 is 0 Å². The van der Waals surface area contributed by atoms with Gasteiger partial charge in [0, 0.05) is 51.1 Å². The van der Waals surface area contributed by atoms with Crippen molar-refractivity contribution in [3.05, 3.63) is 345 Å². The molecule has 402 valence electrons. The Morgan fingerprint density at radius 1 is 0.518 bits per heavy atom. The fraction of sp³-hybridized carbons (Fsp3) is 0.0488. The van der Waals surface area contributed by atoms with E-state index in [0.29, 0.717) is 0 Å². The van der Waals surface area contributed by atoms with Gasteiger partial charge in [-0.1, -0.05) is 256 Å². The molecule has 1 aromatic heterocycles. The molecule has 3 aliphatic carbocycles. The molecule has 5 aliphatic rings. The summed E-state index contributed by atoms with van der Waals surface area (Å²) in [5, 5.41) is 7.36. The molecule has 1 saturated carbocycles. The molecule has 0 spiro atoms. The van der Waals surface area contributed by atoms with Crippen molar-refractivity contribution >= 4 is 54.5 Å². The Labute approximate surface area is 495 Å². The standard InChI is InChI=1S/C70H45NO2.C12H12/c1-3-16-44(17-4-1)66-55-24-9-10-25-56(55)67(45-18-5-2-6-19-45)60-40-47(31-34-57(60)66)46-21-13-22-51(38-46)71-63-35-32-49(54-27-14-26-53-48-20-7-8-23-52(39-48)72-68(53)54)41-58(63)59-42-50(33-36-64(59)71)61-29-15-37-69-43-70(61,69)73-65-30-12-11-28-62(65)69;1-3-8-11(4-2)12-9-6-5-7-10-12/h1-42,48H,43H2;3-10H,1-2H2/b;11-8+. The first-order valence-corrected chi connectivity index (χ1v) is 29.4. The highest BCUT2D eigenvalue weighted by Gasteiger charge is 2.76. The van der Waals surface area contributed by atoms with Crippen LogP contribution in [0.3, 0.4) is 0 Å². The molecule has 12 aromatic rings. The van der Waals surface area contributed by atoms with Crippen LogP contribution in [-0.4, -0.2) is 10.2 Å². The van der Waals surface area contributed by atoms with E-state index < -0.39 is 5.60 Å². The van der Waals surface area contributed by atoms with Crippen LogP contribution in [-0.2, 0) is 5.41 Å². The second-order valence-electron chi connectivity index (χ2n) is 22.7. The molecule has 3 unspecified atom stereocenters. The minimum Gasteiger partial charge on any atom is -0.481 e. The first-order valence-electron chi connectivity index (χ1n) is 29.4. The summed E-state index contributed by atoms with van der Waals surface area (Å²) in [4.78, 5) is 0. The smallest absolute Gasteiger partial charge is 0.149 e. The molecule has 3 nitrogen and oxygen atoms in total. The van der Waals surface area contributed by atoms with Crippen LogP contribution >= 0.6 is 0 Å². The van der Waals surface area contributed by atoms with Gasteiger partial charge in [-0.05, 0) is 138 Å². The Morgan fingerprint density at radius 2 is 1.14 bits per heavy atom. The lowest BCUT2D eigenvalue weighted by molar-refractivity contribution is 0.245. The average Bonchev–Trinajstić information content (AvgIpc) is 1.49. The van der Waals surface area contributed by atoms with Crippen LogP contribution in [0, 0.1) is 0 Å². The fourth-order valence-corrected chi connectivity index (χ4v) is 14.2. The predicted molar refractivity (Wildman–Crippen MR) is 355 cm³/mol. The van der Waals surface area contributed by atoms with Crippen LogP contribution in [0.25, 0.3) is 105 Å². The number of fused-ring (bicyclic) bond motifs is 9. The van der Waals surface area contributed by atoms with Crippen molar-refractivity contribution in [3.63, 3.8) is 0 Å². The minimum absolute atomic E-state index is 0.130. The lowest BCUT2D eigenvalue weighted by atomic mass is 9.84. The van der Waals surface area contributed by atoms with Crippen molar-refractivity contribution < 1.29 is 9.47 Å². The lowest BCUT2D eigenvalue weighted by Gasteiger charge is -2.24. The molecular weight excluding hydrogens is 1030 g/mol. The second-order valence-corrected chi connectivity index (χ2v) is 22.7. The summed E-state index contributed by atoms with van der Waals surface area (Å²) in [6.45, 7) is 7.39. The quantitative estimate of drug-likeness (QED) is 0.106. The van der Waals surface area contributed by atoms with Gasteiger partial charge in [0.05, 0.1) is 16.4 Å². The van der Waals surface area contributed by atoms with Crippen molar-refractivity contribution in [2.24, 2.45) is 0 Å². The molecule has 0 radical (unpaired) electrons. The molecule has 11 aromatic carbocycles. The minimum atomic E-state index is -0.403. The Kier molecular flexibility index (Phi) is 11.8. The van der Waals surface area contributed by atoms with Gasteiger partial charge in [0.2, 0.25) is 0 Å². The molecule has 2 aliphatic heterocycles. The van der Waals surface area contributed by atoms with Gasteiger partial charge in [-0.25, -0.2) is 0 Å². The van der Waals surface area contributed by atoms with Crippen LogP contribution in [0.2, 0.25) is 0 Å². The Hall–Kier alpha value is -10.7. The zero-order chi connectivity index (χ0) is 56.6. The largest absolute Gasteiger partial charge is 0.481 e. The van der Waals surface area contributed by atoms with E-state index in [1.165, 1.54) is 88.0 Å². The summed E-state index contributed by atoms with van der Waals surface area (Å²) >= 11 is 0. The zero-order valence-electron chi connectivity index (χ0n) is 46.8. The third-order valence-corrected chi connectivity index (χ3v) is 18.1. The van der Waals surface area contributed by atoms with Gasteiger partial charge in [0.25, 0.3) is 0 Å². The number of para-hydroxylation sites is 2. The van der Waals surface area contributed by atoms with Crippen molar-refractivity contribution in [1.82, 2.24) is 4.57 Å². The first kappa shape index (κ1) is 50.0. The van der Waals surface area contributed by atoms with E-state index in [2.05, 4.69) is 285 Å². The molecule has 0 saturated heterocycles. The van der Waals surface area contributed by atoms with Gasteiger partial charge in [0.15, 0.2) is 0 Å². The van der Waals surface area contributed by atoms with Crippen LogP contribution in [0.15, 0.2) is 322 Å². The van der Waals surface area contributed by atoms with E-state index in [1.54, 1.807) is 6.08 Å². The first-order chi connectivity index (χ1) is 42.0. The molecule has 0 amide bonds. The number of ether oxygens (including phenoxy) is 2. The topological polar surface area (TPSA) is 23.4 Å². The van der Waals surface area contributed by atoms with E-state index in [9.17, 15) is 0 Å². The Bertz CT molecular complexity index is 4950. The van der Waals surface area contributed by atoms with Gasteiger partial charge in [-0.2, -0.15) is 0 Å². The number of allylic oxidation sites excluding steroid dienone is 11. The molecule has 2 bridgehead atoms. The third kappa shape index (κ3) is 8.03. The highest BCUT2D eigenvalue weighted by Crippen LogP contribution is 2.73. The normalized spacial score (nSPS) is 18.4. The molecular formula is C82H57NO2. The van der Waals surface area contributed by atoms with Crippen LogP contribution < -0.4 is 9.47 Å². The maximum atomic E-state index is 6.99. The van der Waals surface area contributed by atoms with E-state index in [1.807, 2.05) is 30.4 Å². The van der Waals surface area contributed by atoms with E-state index in [4.69, 9.17) is 9.47 Å². The van der Waals surface area contributed by atoms with E-state index in [0.717, 1.165) is 62.7 Å². The lowest BCUT2D eigenvalue weighted by Crippen LogP contribution is -2.26. The molecule has 1 fully saturated rings. The van der Waals surface area contributed by atoms with E-state index >= 15 is 0 Å². The maximum Gasteiger partial charge on any atom is 0.149 e. The van der Waals surface area contributed by atoms with Crippen molar-refractivity contribution in [1.29, 1.82) is 0 Å². The molecule has 17 rings (SSSR count).